The third-order valence-electron chi connectivity index (χ3n) is 2.80. The highest BCUT2D eigenvalue weighted by atomic mass is 16.3. The fraction of sp³-hybridized carbons (Fsp3) is 0.167. The summed E-state index contributed by atoms with van der Waals surface area (Å²) in [7, 11) is 0. The maximum absolute atomic E-state index is 10.8. The summed E-state index contributed by atoms with van der Waals surface area (Å²) in [6.45, 7) is 3.57. The zero-order chi connectivity index (χ0) is 11.0. The van der Waals surface area contributed by atoms with Gasteiger partial charge >= 0.3 is 0 Å². The summed E-state index contributed by atoms with van der Waals surface area (Å²) in [4.78, 5) is 10.8. The molecule has 0 saturated carbocycles. The summed E-state index contributed by atoms with van der Waals surface area (Å²) in [6.07, 6.45) is 0. The molecule has 0 aliphatic rings. The molecule has 0 heterocycles. The summed E-state index contributed by atoms with van der Waals surface area (Å²) in [5.74, 6) is 0.232. The van der Waals surface area contributed by atoms with Crippen LogP contribution in [0.3, 0.4) is 0 Å². The van der Waals surface area contributed by atoms with Crippen LogP contribution in [-0.4, -0.2) is 5.11 Å². The second kappa shape index (κ2) is 3.35. The van der Waals surface area contributed by atoms with Crippen LogP contribution in [0.25, 0.3) is 10.8 Å². The van der Waals surface area contributed by atoms with Crippen molar-refractivity contribution in [3.8, 4) is 5.75 Å². The van der Waals surface area contributed by atoms with Crippen molar-refractivity contribution in [2.45, 2.75) is 13.8 Å². The molecule has 0 atom stereocenters. The third-order valence-corrected chi connectivity index (χ3v) is 2.80. The van der Waals surface area contributed by atoms with Gasteiger partial charge in [-0.15, -0.1) is 4.91 Å². The van der Waals surface area contributed by atoms with Crippen molar-refractivity contribution in [1.82, 2.24) is 0 Å². The predicted octanol–water partition coefficient (Wildman–Crippen LogP) is 3.56. The molecule has 0 spiro atoms. The van der Waals surface area contributed by atoms with E-state index in [-0.39, 0.29) is 5.75 Å². The van der Waals surface area contributed by atoms with E-state index in [4.69, 9.17) is 0 Å². The lowest BCUT2D eigenvalue weighted by molar-refractivity contribution is 0.477. The van der Waals surface area contributed by atoms with Gasteiger partial charge in [0.05, 0.1) is 0 Å². The zero-order valence-corrected chi connectivity index (χ0v) is 8.61. The van der Waals surface area contributed by atoms with Gasteiger partial charge in [-0.25, -0.2) is 0 Å². The summed E-state index contributed by atoms with van der Waals surface area (Å²) >= 11 is 0. The first-order chi connectivity index (χ1) is 7.16. The summed E-state index contributed by atoms with van der Waals surface area (Å²) in [6, 6.07) is 7.22. The first kappa shape index (κ1) is 9.65. The van der Waals surface area contributed by atoms with Gasteiger partial charge in [-0.05, 0) is 30.2 Å². The van der Waals surface area contributed by atoms with Gasteiger partial charge in [0, 0.05) is 10.8 Å². The van der Waals surface area contributed by atoms with Crippen molar-refractivity contribution < 1.29 is 5.11 Å². The minimum Gasteiger partial charge on any atom is -0.507 e. The predicted molar refractivity (Wildman–Crippen MR) is 60.5 cm³/mol. The van der Waals surface area contributed by atoms with Gasteiger partial charge in [-0.1, -0.05) is 24.3 Å². The first-order valence-corrected chi connectivity index (χ1v) is 4.71. The quantitative estimate of drug-likeness (QED) is 0.717. The number of hydrogen-bond acceptors (Lipinski definition) is 3. The molecule has 0 saturated heterocycles. The van der Waals surface area contributed by atoms with E-state index in [1.165, 1.54) is 0 Å². The molecule has 2 aromatic rings. The maximum atomic E-state index is 10.8. The number of nitroso groups, excluding NO2 is 1. The highest BCUT2D eigenvalue weighted by Gasteiger charge is 2.13. The Morgan fingerprint density at radius 2 is 1.67 bits per heavy atom. The number of phenolic OH excluding ortho intramolecular Hbond substituents is 1. The SMILES string of the molecule is Cc1c(C)c(N=O)c2ccccc2c1O. The smallest absolute Gasteiger partial charge is 0.126 e. The van der Waals surface area contributed by atoms with E-state index in [1.54, 1.807) is 26.0 Å². The lowest BCUT2D eigenvalue weighted by Gasteiger charge is -2.10. The van der Waals surface area contributed by atoms with E-state index in [2.05, 4.69) is 5.18 Å². The Balaban J connectivity index is 3.04. The number of benzene rings is 2. The van der Waals surface area contributed by atoms with Gasteiger partial charge in [-0.3, -0.25) is 0 Å². The Bertz CT molecular complexity index is 547. The van der Waals surface area contributed by atoms with Crippen LogP contribution in [0.5, 0.6) is 5.75 Å². The van der Waals surface area contributed by atoms with Crippen LogP contribution < -0.4 is 0 Å². The molecular formula is C12H11NO2. The van der Waals surface area contributed by atoms with Crippen LogP contribution in [0.4, 0.5) is 5.69 Å². The molecule has 2 rings (SSSR count). The second-order valence-electron chi connectivity index (χ2n) is 3.58. The Kier molecular flexibility index (Phi) is 2.15. The third kappa shape index (κ3) is 1.28. The highest BCUT2D eigenvalue weighted by molar-refractivity contribution is 5.99. The van der Waals surface area contributed by atoms with Gasteiger partial charge in [0.2, 0.25) is 0 Å². The van der Waals surface area contributed by atoms with E-state index < -0.39 is 0 Å². The van der Waals surface area contributed by atoms with E-state index >= 15 is 0 Å². The molecule has 0 radical (unpaired) electrons. The van der Waals surface area contributed by atoms with Crippen molar-refractivity contribution in [3.05, 3.63) is 40.3 Å². The molecule has 0 fully saturated rings. The number of hydrogen-bond donors (Lipinski definition) is 1. The molecule has 0 aliphatic carbocycles. The van der Waals surface area contributed by atoms with Crippen molar-refractivity contribution in [1.29, 1.82) is 0 Å². The Morgan fingerprint density at radius 1 is 1.07 bits per heavy atom. The monoisotopic (exact) mass is 201 g/mol. The fourth-order valence-electron chi connectivity index (χ4n) is 1.77. The molecule has 76 valence electrons. The molecule has 1 N–H and O–H groups in total. The second-order valence-corrected chi connectivity index (χ2v) is 3.58. The molecule has 0 aliphatic heterocycles. The Hall–Kier alpha value is -1.90. The van der Waals surface area contributed by atoms with Crippen molar-refractivity contribution in [2.75, 3.05) is 0 Å². The van der Waals surface area contributed by atoms with Gasteiger partial charge in [0.1, 0.15) is 11.4 Å². The number of fused-ring (bicyclic) bond motifs is 1. The van der Waals surface area contributed by atoms with Crippen LogP contribution in [0, 0.1) is 18.8 Å². The molecular weight excluding hydrogens is 190 g/mol. The zero-order valence-electron chi connectivity index (χ0n) is 8.61. The standard InChI is InChI=1S/C12H11NO2/c1-7-8(2)12(14)10-6-4-3-5-9(10)11(7)13-15/h3-6,14H,1-2H3. The van der Waals surface area contributed by atoms with E-state index in [0.717, 1.165) is 5.56 Å². The van der Waals surface area contributed by atoms with Crippen molar-refractivity contribution >= 4 is 16.5 Å². The lowest BCUT2D eigenvalue weighted by Crippen LogP contribution is -1.86. The number of rotatable bonds is 1. The molecule has 0 aromatic heterocycles. The van der Waals surface area contributed by atoms with Crippen molar-refractivity contribution in [2.24, 2.45) is 5.18 Å². The van der Waals surface area contributed by atoms with E-state index in [9.17, 15) is 10.0 Å². The first-order valence-electron chi connectivity index (χ1n) is 4.71. The average molecular weight is 201 g/mol. The van der Waals surface area contributed by atoms with Crippen LogP contribution in [0.15, 0.2) is 29.4 Å². The van der Waals surface area contributed by atoms with E-state index in [0.29, 0.717) is 22.0 Å². The highest BCUT2D eigenvalue weighted by Crippen LogP contribution is 2.38. The number of phenols is 1. The van der Waals surface area contributed by atoms with E-state index in [1.807, 2.05) is 12.1 Å². The van der Waals surface area contributed by atoms with Gasteiger partial charge < -0.3 is 5.11 Å². The molecule has 0 unspecified atom stereocenters. The van der Waals surface area contributed by atoms with Gasteiger partial charge in [0.15, 0.2) is 0 Å². The molecule has 0 amide bonds. The van der Waals surface area contributed by atoms with Crippen LogP contribution >= 0.6 is 0 Å². The summed E-state index contributed by atoms with van der Waals surface area (Å²) < 4.78 is 0. The number of aromatic hydroxyl groups is 1. The lowest BCUT2D eigenvalue weighted by atomic mass is 9.99. The minimum atomic E-state index is 0.232. The average Bonchev–Trinajstić information content (AvgIpc) is 2.27. The van der Waals surface area contributed by atoms with Crippen molar-refractivity contribution in [3.63, 3.8) is 0 Å². The minimum absolute atomic E-state index is 0.232. The number of nitrogens with zero attached hydrogens (tertiary/aromatic N) is 1. The maximum Gasteiger partial charge on any atom is 0.126 e. The molecule has 3 heteroatoms. The fourth-order valence-corrected chi connectivity index (χ4v) is 1.77. The van der Waals surface area contributed by atoms with Crippen LogP contribution in [-0.2, 0) is 0 Å². The topological polar surface area (TPSA) is 49.7 Å². The molecule has 3 nitrogen and oxygen atoms in total. The van der Waals surface area contributed by atoms with Gasteiger partial charge in [-0.2, -0.15) is 0 Å². The summed E-state index contributed by atoms with van der Waals surface area (Å²) in [5, 5.41) is 14.3. The molecule has 0 bridgehead atoms. The summed E-state index contributed by atoms with van der Waals surface area (Å²) in [5.41, 5.74) is 1.87. The van der Waals surface area contributed by atoms with Crippen LogP contribution in [0.2, 0.25) is 0 Å². The Morgan fingerprint density at radius 3 is 2.27 bits per heavy atom. The Labute approximate surface area is 87.3 Å². The molecule has 15 heavy (non-hydrogen) atoms. The molecule has 2 aromatic carbocycles. The van der Waals surface area contributed by atoms with Crippen LogP contribution in [0.1, 0.15) is 11.1 Å². The largest absolute Gasteiger partial charge is 0.507 e. The van der Waals surface area contributed by atoms with Gasteiger partial charge in [0.25, 0.3) is 0 Å². The normalized spacial score (nSPS) is 10.5.